The number of likely N-dealkylation sites (N-methyl/N-ethyl adjacent to an activating group) is 7. The van der Waals surface area contributed by atoms with Crippen molar-refractivity contribution >= 4 is 105 Å². The van der Waals surface area contributed by atoms with Crippen molar-refractivity contribution in [3.8, 4) is 0 Å². The van der Waals surface area contributed by atoms with Gasteiger partial charge in [-0.2, -0.15) is 0 Å². The summed E-state index contributed by atoms with van der Waals surface area (Å²) in [6.45, 7) is 11.5. The fourth-order valence-corrected chi connectivity index (χ4v) is 12.4. The van der Waals surface area contributed by atoms with Crippen molar-refractivity contribution < 1.29 is 57.5 Å². The maximum atomic E-state index is 15.5. The molecule has 2 heterocycles. The van der Waals surface area contributed by atoms with Crippen molar-refractivity contribution in [3.63, 3.8) is 0 Å². The van der Waals surface area contributed by atoms with E-state index in [0.717, 1.165) is 29.6 Å². The number of hydrogen-bond acceptors (Lipinski definition) is 12. The van der Waals surface area contributed by atoms with Crippen LogP contribution in [-0.4, -0.2) is 240 Å². The van der Waals surface area contributed by atoms with Crippen LogP contribution in [0, 0.1) is 21.3 Å². The van der Waals surface area contributed by atoms with Gasteiger partial charge >= 0.3 is 0 Å². The number of benzene rings is 3. The molecule has 4 N–H and O–H groups in total. The van der Waals surface area contributed by atoms with Crippen LogP contribution in [0.15, 0.2) is 78.9 Å². The molecule has 26 heteroatoms. The van der Waals surface area contributed by atoms with E-state index in [1.54, 1.807) is 78.6 Å². The first-order valence-electron chi connectivity index (χ1n) is 33.0. The van der Waals surface area contributed by atoms with E-state index in [2.05, 4.69) is 43.9 Å². The van der Waals surface area contributed by atoms with Crippen molar-refractivity contribution in [2.45, 2.75) is 161 Å². The molecular formula is C70H100ClIN12O12. The van der Waals surface area contributed by atoms with Crippen LogP contribution in [0.3, 0.4) is 0 Å². The second-order valence-electron chi connectivity index (χ2n) is 26.6. The molecule has 0 aromatic heterocycles. The number of carbonyl (C=O) groups excluding carboxylic acids is 12. The van der Waals surface area contributed by atoms with Gasteiger partial charge in [0.05, 0.1) is 26.1 Å². The highest BCUT2D eigenvalue weighted by atomic mass is 127. The van der Waals surface area contributed by atoms with Gasteiger partial charge in [-0.05, 0) is 120 Å². The minimum Gasteiger partial charge on any atom is -0.342 e. The molecule has 0 aliphatic carbocycles. The highest BCUT2D eigenvalue weighted by Gasteiger charge is 2.42. The largest absolute Gasteiger partial charge is 0.342 e. The number of nitrogens with one attached hydrogen (secondary N) is 4. The van der Waals surface area contributed by atoms with Crippen LogP contribution in [0.5, 0.6) is 0 Å². The number of likely N-dealkylation sites (tertiary alicyclic amines) is 1. The average molecular weight is 1460 g/mol. The average Bonchev–Trinajstić information content (AvgIpc) is 0.829. The Hall–Kier alpha value is -7.68. The number of carbonyl (C=O) groups is 12. The third-order valence-electron chi connectivity index (χ3n) is 18.1. The van der Waals surface area contributed by atoms with Gasteiger partial charge in [-0.3, -0.25) is 57.5 Å². The molecule has 12 amide bonds. The summed E-state index contributed by atoms with van der Waals surface area (Å²) < 4.78 is 0.840. The van der Waals surface area contributed by atoms with Crippen LogP contribution < -0.4 is 21.3 Å². The molecule has 0 bridgehead atoms. The molecule has 0 saturated carbocycles. The zero-order valence-corrected chi connectivity index (χ0v) is 61.1. The fourth-order valence-electron chi connectivity index (χ4n) is 11.7. The second kappa shape index (κ2) is 37.2. The van der Waals surface area contributed by atoms with Gasteiger partial charge in [0.25, 0.3) is 0 Å². The highest BCUT2D eigenvalue weighted by molar-refractivity contribution is 14.1. The summed E-state index contributed by atoms with van der Waals surface area (Å²) >= 11 is 8.37. The van der Waals surface area contributed by atoms with Crippen LogP contribution in [-0.2, 0) is 76.8 Å². The van der Waals surface area contributed by atoms with Gasteiger partial charge in [-0.15, -0.1) is 0 Å². The summed E-state index contributed by atoms with van der Waals surface area (Å²) in [6.07, 6.45) is 2.09. The zero-order chi connectivity index (χ0) is 71.4. The Labute approximate surface area is 584 Å². The first-order valence-corrected chi connectivity index (χ1v) is 34.5. The Morgan fingerprint density at radius 3 is 1.68 bits per heavy atom. The summed E-state index contributed by atoms with van der Waals surface area (Å²) in [6, 6.07) is 12.6. The molecule has 24 nitrogen and oxygen atoms in total. The van der Waals surface area contributed by atoms with Crippen molar-refractivity contribution in [3.05, 3.63) is 104 Å². The van der Waals surface area contributed by atoms with E-state index >= 15 is 14.4 Å². The Morgan fingerprint density at radius 1 is 0.521 bits per heavy atom. The number of rotatable bonds is 13. The lowest BCUT2D eigenvalue weighted by Crippen LogP contribution is -2.61. The lowest BCUT2D eigenvalue weighted by atomic mass is 9.97. The lowest BCUT2D eigenvalue weighted by molar-refractivity contribution is -0.150. The molecule has 2 saturated heterocycles. The minimum absolute atomic E-state index is 0.0327. The normalized spacial score (nSPS) is 23.9. The molecular weight excluding hydrogens is 1360 g/mol. The van der Waals surface area contributed by atoms with Crippen LogP contribution in [0.4, 0.5) is 0 Å². The first-order chi connectivity index (χ1) is 45.2. The van der Waals surface area contributed by atoms with Crippen molar-refractivity contribution in [2.75, 3.05) is 82.1 Å². The molecule has 2 aliphatic heterocycles. The summed E-state index contributed by atoms with van der Waals surface area (Å²) in [7, 11) is 9.77. The quantitative estimate of drug-likeness (QED) is 0.176. The van der Waals surface area contributed by atoms with E-state index in [-0.39, 0.29) is 43.9 Å². The molecule has 9 atom stereocenters. The molecule has 96 heavy (non-hydrogen) atoms. The van der Waals surface area contributed by atoms with Gasteiger partial charge < -0.3 is 60.5 Å². The SMILES string of the molecule is CC[C@H](C)[C@@H]1NC(=O)[C@H](C)N(C)C(=O)CC(C(=O)N2CCCCC2)NC(=O)[C@H](CC(C)C)N(C)C(=O)[C@H](Cc2ccccc2)N(C)C(=O)[C@H](CC(C)C)NC(=O)[C@H](Cc2cccc(I)c2)NC(=O)CN(C)C(=O)[C@H](Cc2ccc(Cl)cc2)N(C)C(=O)CN(C)C(=O)CN(C)C1=O. The predicted molar refractivity (Wildman–Crippen MR) is 374 cm³/mol. The molecule has 3 aromatic carbocycles. The summed E-state index contributed by atoms with van der Waals surface area (Å²) in [5, 5.41) is 11.8. The molecule has 3 aromatic rings. The fraction of sp³-hybridized carbons (Fsp3) is 0.571. The van der Waals surface area contributed by atoms with Crippen LogP contribution >= 0.6 is 34.2 Å². The maximum absolute atomic E-state index is 15.5. The van der Waals surface area contributed by atoms with E-state index in [1.807, 2.05) is 46.8 Å². The maximum Gasteiger partial charge on any atom is 0.246 e. The van der Waals surface area contributed by atoms with Gasteiger partial charge in [0.2, 0.25) is 70.9 Å². The predicted octanol–water partition coefficient (Wildman–Crippen LogP) is 4.17. The van der Waals surface area contributed by atoms with Crippen molar-refractivity contribution in [1.29, 1.82) is 0 Å². The molecule has 1 unspecified atom stereocenters. The number of nitrogens with zero attached hydrogens (tertiary/aromatic N) is 8. The minimum atomic E-state index is -1.46. The van der Waals surface area contributed by atoms with E-state index in [4.69, 9.17) is 11.6 Å². The van der Waals surface area contributed by atoms with E-state index in [9.17, 15) is 43.2 Å². The van der Waals surface area contributed by atoms with Gasteiger partial charge in [0.15, 0.2) is 0 Å². The Bertz CT molecular complexity index is 3230. The topological polar surface area (TPSA) is 279 Å². The van der Waals surface area contributed by atoms with Crippen LogP contribution in [0.25, 0.3) is 0 Å². The molecule has 2 fully saturated rings. The van der Waals surface area contributed by atoms with Crippen LogP contribution in [0.2, 0.25) is 5.02 Å². The molecule has 5 rings (SSSR count). The Balaban J connectivity index is 1.63. The van der Waals surface area contributed by atoms with Gasteiger partial charge in [-0.1, -0.05) is 114 Å². The highest BCUT2D eigenvalue weighted by Crippen LogP contribution is 2.23. The monoisotopic (exact) mass is 1460 g/mol. The number of piperidine rings is 1. The molecule has 0 radical (unpaired) electrons. The van der Waals surface area contributed by atoms with Crippen molar-refractivity contribution in [1.82, 2.24) is 60.5 Å². The van der Waals surface area contributed by atoms with Gasteiger partial charge in [-0.25, -0.2) is 0 Å². The Morgan fingerprint density at radius 2 is 1.08 bits per heavy atom. The third-order valence-corrected chi connectivity index (χ3v) is 19.0. The molecule has 526 valence electrons. The summed E-state index contributed by atoms with van der Waals surface area (Å²) in [5.41, 5.74) is 1.93. The molecule has 2 aliphatic rings. The number of halogens is 2. The summed E-state index contributed by atoms with van der Waals surface area (Å²) in [5.74, 6) is -9.07. The number of hydrogen-bond donors (Lipinski definition) is 4. The van der Waals surface area contributed by atoms with E-state index in [1.165, 1.54) is 71.0 Å². The lowest BCUT2D eigenvalue weighted by Gasteiger charge is -2.37. The zero-order valence-electron chi connectivity index (χ0n) is 58.2. The van der Waals surface area contributed by atoms with Crippen molar-refractivity contribution in [2.24, 2.45) is 17.8 Å². The summed E-state index contributed by atoms with van der Waals surface area (Å²) in [4.78, 5) is 186. The third kappa shape index (κ3) is 22.7. The molecule has 0 spiro atoms. The Kier molecular flexibility index (Phi) is 30.6. The van der Waals surface area contributed by atoms with E-state index < -0.39 is 151 Å². The van der Waals surface area contributed by atoms with Gasteiger partial charge in [0, 0.05) is 90.3 Å². The van der Waals surface area contributed by atoms with E-state index in [0.29, 0.717) is 54.1 Å². The smallest absolute Gasteiger partial charge is 0.246 e. The second-order valence-corrected chi connectivity index (χ2v) is 28.3. The van der Waals surface area contributed by atoms with Gasteiger partial charge in [0.1, 0.15) is 48.3 Å². The number of amides is 12. The first kappa shape index (κ1) is 79.0. The van der Waals surface area contributed by atoms with Crippen LogP contribution in [0.1, 0.15) is 110 Å². The standard InChI is InChI=1S/C70H100ClIN12O12/c1-15-45(6)62-70(96)79(10)41-60(87)77(8)42-61(88)81(12)56(38-48-27-29-50(71)30-28-48)68(94)78(9)40-58(85)73-52(36-49-25-22-26-51(72)35-49)64(90)74-53(33-43(2)3)66(92)83(14)57(37-47-23-18-16-19-24-47)69(95)82(13)55(34-44(4)5)65(91)75-54(67(93)84-31-20-17-21-32-84)39-59(86)80(11)46(7)63(89)76-62/h16,18-19,22-30,35,43-46,52-57,62H,15,17,20-21,31-34,36-42H2,1-14H3,(H,73,85)(H,74,90)(H,75,91)(H,76,89)/t45-,46-,52-,53-,54?,55-,56-,57-,62-/m0/s1.